The van der Waals surface area contributed by atoms with Crippen molar-refractivity contribution in [2.24, 2.45) is 5.92 Å². The zero-order chi connectivity index (χ0) is 13.4. The number of nitrogens with one attached hydrogen (secondary N) is 2. The molecule has 0 aliphatic heterocycles. The molecule has 1 aliphatic rings. The Kier molecular flexibility index (Phi) is 2.81. The van der Waals surface area contributed by atoms with Crippen molar-refractivity contribution in [1.82, 2.24) is 10.2 Å². The quantitative estimate of drug-likeness (QED) is 0.871. The number of aromatic amines is 1. The van der Waals surface area contributed by atoms with Crippen molar-refractivity contribution < 1.29 is 9.18 Å². The lowest BCUT2D eigenvalue weighted by Crippen LogP contribution is -2.17. The number of fused-ring (bicyclic) bond motifs is 1. The highest BCUT2D eigenvalue weighted by Gasteiger charge is 2.27. The van der Waals surface area contributed by atoms with E-state index in [2.05, 4.69) is 22.4 Å². The minimum absolute atomic E-state index is 0.104. The van der Waals surface area contributed by atoms with Crippen molar-refractivity contribution in [3.05, 3.63) is 41.3 Å². The Hall–Kier alpha value is -2.17. The molecule has 1 heterocycles. The molecular weight excluding hydrogens is 245 g/mol. The van der Waals surface area contributed by atoms with Gasteiger partial charge in [0, 0.05) is 17.8 Å². The number of anilines is 2. The van der Waals surface area contributed by atoms with Crippen LogP contribution in [0.3, 0.4) is 0 Å². The minimum Gasteiger partial charge on any atom is -0.338 e. The van der Waals surface area contributed by atoms with E-state index in [0.29, 0.717) is 29.4 Å². The number of hydrogen-bond acceptors (Lipinski definition) is 3. The first-order chi connectivity index (χ1) is 9.13. The summed E-state index contributed by atoms with van der Waals surface area (Å²) in [5.41, 5.74) is 2.23. The Bertz CT molecular complexity index is 618. The summed E-state index contributed by atoms with van der Waals surface area (Å²) in [6, 6.07) is 5.97. The number of benzene rings is 1. The van der Waals surface area contributed by atoms with Crippen LogP contribution < -0.4 is 5.32 Å². The molecule has 2 N–H and O–H groups in total. The maximum Gasteiger partial charge on any atom is 0.168 e. The number of rotatable bonds is 2. The van der Waals surface area contributed by atoms with Gasteiger partial charge in [-0.2, -0.15) is 5.10 Å². The fourth-order valence-corrected chi connectivity index (χ4v) is 2.43. The van der Waals surface area contributed by atoms with E-state index in [0.717, 1.165) is 12.1 Å². The molecule has 2 aromatic rings. The zero-order valence-electron chi connectivity index (χ0n) is 10.5. The fourth-order valence-electron chi connectivity index (χ4n) is 2.43. The number of carbonyl (C=O) groups is 1. The van der Waals surface area contributed by atoms with Gasteiger partial charge in [-0.3, -0.25) is 9.89 Å². The number of Topliss-reactive ketones (excluding diaryl/α,β-unsaturated/α-hetero) is 1. The maximum absolute atomic E-state index is 12.8. The topological polar surface area (TPSA) is 57.8 Å². The summed E-state index contributed by atoms with van der Waals surface area (Å²) < 4.78 is 12.8. The van der Waals surface area contributed by atoms with E-state index >= 15 is 0 Å². The average Bonchev–Trinajstić information content (AvgIpc) is 2.75. The van der Waals surface area contributed by atoms with Gasteiger partial charge in [-0.1, -0.05) is 6.92 Å². The first-order valence-corrected chi connectivity index (χ1v) is 6.26. The number of hydrogen-bond donors (Lipinski definition) is 2. The van der Waals surface area contributed by atoms with Gasteiger partial charge < -0.3 is 5.32 Å². The zero-order valence-corrected chi connectivity index (χ0v) is 10.5. The maximum atomic E-state index is 12.8. The molecule has 1 aromatic carbocycles. The summed E-state index contributed by atoms with van der Waals surface area (Å²) >= 11 is 0. The molecule has 0 saturated heterocycles. The predicted molar refractivity (Wildman–Crippen MR) is 70.1 cm³/mol. The summed E-state index contributed by atoms with van der Waals surface area (Å²) in [7, 11) is 0. The Morgan fingerprint density at radius 1 is 1.32 bits per heavy atom. The van der Waals surface area contributed by atoms with Crippen molar-refractivity contribution in [3.8, 4) is 0 Å². The molecule has 4 nitrogen and oxygen atoms in total. The molecule has 19 heavy (non-hydrogen) atoms. The second kappa shape index (κ2) is 4.50. The Morgan fingerprint density at radius 3 is 2.79 bits per heavy atom. The van der Waals surface area contributed by atoms with Crippen molar-refractivity contribution in [2.75, 3.05) is 5.32 Å². The van der Waals surface area contributed by atoms with E-state index < -0.39 is 0 Å². The largest absolute Gasteiger partial charge is 0.338 e. The standard InChI is InChI=1S/C14H14FN3O/c1-8-6-11-13(12(19)7-8)14(18-17-11)16-10-4-2-9(15)3-5-10/h2-5,8H,6-7H2,1H3,(H2,16,17,18). The molecule has 98 valence electrons. The highest BCUT2D eigenvalue weighted by atomic mass is 19.1. The lowest BCUT2D eigenvalue weighted by atomic mass is 9.88. The van der Waals surface area contributed by atoms with Crippen molar-refractivity contribution >= 4 is 17.3 Å². The van der Waals surface area contributed by atoms with Crippen LogP contribution in [0.1, 0.15) is 29.4 Å². The van der Waals surface area contributed by atoms with Gasteiger partial charge in [0.1, 0.15) is 5.82 Å². The van der Waals surface area contributed by atoms with Gasteiger partial charge in [0.05, 0.1) is 5.56 Å². The number of aromatic nitrogens is 2. The van der Waals surface area contributed by atoms with Gasteiger partial charge in [-0.25, -0.2) is 4.39 Å². The third-order valence-corrected chi connectivity index (χ3v) is 3.31. The smallest absolute Gasteiger partial charge is 0.168 e. The van der Waals surface area contributed by atoms with E-state index in [1.807, 2.05) is 0 Å². The van der Waals surface area contributed by atoms with Crippen molar-refractivity contribution in [1.29, 1.82) is 0 Å². The van der Waals surface area contributed by atoms with Gasteiger partial charge in [0.2, 0.25) is 0 Å². The monoisotopic (exact) mass is 259 g/mol. The predicted octanol–water partition coefficient (Wildman–Crippen LogP) is 3.06. The molecule has 0 spiro atoms. The van der Waals surface area contributed by atoms with Crippen LogP contribution in [0.4, 0.5) is 15.9 Å². The number of carbonyl (C=O) groups excluding carboxylic acids is 1. The molecule has 0 radical (unpaired) electrons. The van der Waals surface area contributed by atoms with Gasteiger partial charge in [-0.05, 0) is 36.6 Å². The second-order valence-electron chi connectivity index (χ2n) is 4.99. The van der Waals surface area contributed by atoms with Crippen LogP contribution in [0.25, 0.3) is 0 Å². The van der Waals surface area contributed by atoms with E-state index in [-0.39, 0.29) is 11.6 Å². The molecule has 1 unspecified atom stereocenters. The van der Waals surface area contributed by atoms with Crippen LogP contribution >= 0.6 is 0 Å². The molecule has 0 saturated carbocycles. The molecule has 0 bridgehead atoms. The third-order valence-electron chi connectivity index (χ3n) is 3.31. The van der Waals surface area contributed by atoms with Gasteiger partial charge in [0.15, 0.2) is 11.6 Å². The summed E-state index contributed by atoms with van der Waals surface area (Å²) in [4.78, 5) is 12.1. The average molecular weight is 259 g/mol. The summed E-state index contributed by atoms with van der Waals surface area (Å²) in [6.45, 7) is 2.05. The van der Waals surface area contributed by atoms with Crippen LogP contribution in [0.15, 0.2) is 24.3 Å². The molecule has 5 heteroatoms. The van der Waals surface area contributed by atoms with Gasteiger partial charge >= 0.3 is 0 Å². The SMILES string of the molecule is CC1CC(=O)c2c(Nc3ccc(F)cc3)n[nH]c2C1. The van der Waals surface area contributed by atoms with Gasteiger partial charge in [0.25, 0.3) is 0 Å². The lowest BCUT2D eigenvalue weighted by Gasteiger charge is -2.17. The van der Waals surface area contributed by atoms with E-state index in [4.69, 9.17) is 0 Å². The molecule has 1 aromatic heterocycles. The Balaban J connectivity index is 1.91. The van der Waals surface area contributed by atoms with E-state index in [1.165, 1.54) is 12.1 Å². The molecule has 1 aliphatic carbocycles. The molecule has 3 rings (SSSR count). The van der Waals surface area contributed by atoms with Crippen LogP contribution in [0.5, 0.6) is 0 Å². The van der Waals surface area contributed by atoms with Crippen LogP contribution in [0.2, 0.25) is 0 Å². The lowest BCUT2D eigenvalue weighted by molar-refractivity contribution is 0.0954. The summed E-state index contributed by atoms with van der Waals surface area (Å²) in [5, 5.41) is 10.1. The van der Waals surface area contributed by atoms with Crippen molar-refractivity contribution in [3.63, 3.8) is 0 Å². The van der Waals surface area contributed by atoms with E-state index in [1.54, 1.807) is 12.1 Å². The number of nitrogens with zero attached hydrogens (tertiary/aromatic N) is 1. The summed E-state index contributed by atoms with van der Waals surface area (Å²) in [6.07, 6.45) is 1.38. The number of halogens is 1. The Labute approximate surface area is 110 Å². The first kappa shape index (κ1) is 11.9. The fraction of sp³-hybridized carbons (Fsp3) is 0.286. The highest BCUT2D eigenvalue weighted by molar-refractivity contribution is 6.03. The Morgan fingerprint density at radius 2 is 2.05 bits per heavy atom. The number of ketones is 1. The first-order valence-electron chi connectivity index (χ1n) is 6.26. The van der Waals surface area contributed by atoms with Gasteiger partial charge in [-0.15, -0.1) is 0 Å². The normalized spacial score (nSPS) is 18.2. The molecule has 0 fully saturated rings. The second-order valence-corrected chi connectivity index (χ2v) is 4.99. The van der Waals surface area contributed by atoms with Crippen LogP contribution in [0, 0.1) is 11.7 Å². The molecule has 0 amide bonds. The minimum atomic E-state index is -0.292. The van der Waals surface area contributed by atoms with E-state index in [9.17, 15) is 9.18 Å². The third kappa shape index (κ3) is 2.23. The van der Waals surface area contributed by atoms with Crippen LogP contribution in [-0.4, -0.2) is 16.0 Å². The molecule has 1 atom stereocenters. The molecular formula is C14H14FN3O. The van der Waals surface area contributed by atoms with Crippen molar-refractivity contribution in [2.45, 2.75) is 19.8 Å². The number of H-pyrrole nitrogens is 1. The van der Waals surface area contributed by atoms with Crippen LogP contribution in [-0.2, 0) is 6.42 Å². The highest BCUT2D eigenvalue weighted by Crippen LogP contribution is 2.30. The summed E-state index contributed by atoms with van der Waals surface area (Å²) in [5.74, 6) is 0.684.